The van der Waals surface area contributed by atoms with Gasteiger partial charge in [0.2, 0.25) is 5.71 Å². The van der Waals surface area contributed by atoms with Crippen molar-refractivity contribution >= 4 is 78.7 Å². The monoisotopic (exact) mass is 1110 g/mol. The van der Waals surface area contributed by atoms with E-state index in [0.717, 1.165) is 73.2 Å². The van der Waals surface area contributed by atoms with Crippen LogP contribution in [0.15, 0.2) is 150 Å². The number of benzene rings is 7. The number of fused-ring (bicyclic) bond motifs is 9. The van der Waals surface area contributed by atoms with Gasteiger partial charge in [0.25, 0.3) is 0 Å². The number of aromatic nitrogens is 4. The second kappa shape index (κ2) is 19.2. The summed E-state index contributed by atoms with van der Waals surface area (Å²) in [6.45, 7) is 25.3. The Labute approximate surface area is 427 Å². The van der Waals surface area contributed by atoms with Gasteiger partial charge in [0.05, 0.1) is 36.2 Å². The van der Waals surface area contributed by atoms with Crippen molar-refractivity contribution < 1.29 is 24.5 Å². The van der Waals surface area contributed by atoms with Crippen molar-refractivity contribution in [3.8, 4) is 28.3 Å². The number of hydrogen-bond donors (Lipinski definition) is 0. The molecule has 7 heteroatoms. The molecule has 1 atom stereocenters. The first-order valence-electron chi connectivity index (χ1n) is 24.6. The predicted octanol–water partition coefficient (Wildman–Crippen LogP) is 16.8. The molecule has 1 unspecified atom stereocenters. The molecular weight excluding hydrogens is 1050 g/mol. The van der Waals surface area contributed by atoms with E-state index in [0.29, 0.717) is 11.6 Å². The standard InChI is InChI=1S/C45H38N3O.C18H24NSi.Ir/c1-26(2)39-32-18-11-9-16-30(32)31-17-10-12-19-33(31)41(39)48-40-29-15-8-7-14-28(29)22-24-38(40)46-43(48)36-21-13-20-34-35-23-25-37(27(3)45(4,5)6)47-44(35)49-42(34)36;1-14(2)11-16-12-17(15-9-7-6-8-10-15)19-13-18(16)20(3,4)5;/h7-20,22-27H,1-6H3;6-9,12-14H,11H2,1-5H3;/q2*-1;. The quantitative estimate of drug-likeness (QED) is 0.0864. The van der Waals surface area contributed by atoms with Gasteiger partial charge < -0.3 is 14.0 Å². The zero-order valence-corrected chi connectivity index (χ0v) is 45.7. The Balaban J connectivity index is 0.000000244. The largest absolute Gasteiger partial charge is 0.486 e. The van der Waals surface area contributed by atoms with E-state index in [1.807, 2.05) is 24.3 Å². The maximum absolute atomic E-state index is 6.76. The van der Waals surface area contributed by atoms with E-state index < -0.39 is 8.07 Å². The first-order valence-corrected chi connectivity index (χ1v) is 28.1. The van der Waals surface area contributed by atoms with Gasteiger partial charge in [0.1, 0.15) is 0 Å². The molecule has 70 heavy (non-hydrogen) atoms. The molecule has 0 saturated carbocycles. The van der Waals surface area contributed by atoms with Crippen LogP contribution in [0.2, 0.25) is 19.6 Å². The molecule has 355 valence electrons. The Kier molecular flexibility index (Phi) is 13.4. The molecule has 1 radical (unpaired) electrons. The van der Waals surface area contributed by atoms with E-state index in [1.165, 1.54) is 43.2 Å². The van der Waals surface area contributed by atoms with Crippen molar-refractivity contribution in [2.75, 3.05) is 0 Å². The first kappa shape index (κ1) is 48.8. The molecular formula is C63H62IrN4OSi-2. The molecule has 11 aromatic rings. The summed E-state index contributed by atoms with van der Waals surface area (Å²) in [6.07, 6.45) is 3.24. The molecule has 0 fully saturated rings. The average molecular weight is 1110 g/mol. The third kappa shape index (κ3) is 8.93. The van der Waals surface area contributed by atoms with Crippen LogP contribution >= 0.6 is 0 Å². The van der Waals surface area contributed by atoms with Gasteiger partial charge in [-0.25, -0.2) is 4.98 Å². The summed E-state index contributed by atoms with van der Waals surface area (Å²) < 4.78 is 9.16. The molecule has 0 amide bonds. The Morgan fingerprint density at radius 3 is 2.00 bits per heavy atom. The van der Waals surface area contributed by atoms with Crippen LogP contribution < -0.4 is 5.19 Å². The molecule has 0 saturated heterocycles. The third-order valence-electron chi connectivity index (χ3n) is 14.0. The Morgan fingerprint density at radius 2 is 1.33 bits per heavy atom. The summed E-state index contributed by atoms with van der Waals surface area (Å²) in [5.41, 5.74) is 11.4. The van der Waals surface area contributed by atoms with Crippen LogP contribution in [0.4, 0.5) is 0 Å². The molecule has 11 rings (SSSR count). The number of pyridine rings is 2. The smallest absolute Gasteiger partial charge is 0.216 e. The zero-order valence-electron chi connectivity index (χ0n) is 42.3. The van der Waals surface area contributed by atoms with Crippen LogP contribution in [0, 0.1) is 23.5 Å². The minimum Gasteiger partial charge on any atom is -0.486 e. The maximum atomic E-state index is 6.76. The minimum absolute atomic E-state index is 0. The van der Waals surface area contributed by atoms with Crippen LogP contribution in [-0.4, -0.2) is 27.6 Å². The van der Waals surface area contributed by atoms with Crippen molar-refractivity contribution in [1.82, 2.24) is 19.5 Å². The second-order valence-electron chi connectivity index (χ2n) is 21.7. The molecule has 0 aliphatic carbocycles. The van der Waals surface area contributed by atoms with Crippen LogP contribution in [0.25, 0.3) is 93.8 Å². The fourth-order valence-corrected chi connectivity index (χ4v) is 11.8. The van der Waals surface area contributed by atoms with E-state index in [4.69, 9.17) is 14.4 Å². The summed E-state index contributed by atoms with van der Waals surface area (Å²) in [6, 6.07) is 56.2. The number of imidazole rings is 1. The van der Waals surface area contributed by atoms with Crippen molar-refractivity contribution in [3.63, 3.8) is 0 Å². The second-order valence-corrected chi connectivity index (χ2v) is 26.7. The number of rotatable bonds is 8. The molecule has 4 heterocycles. The topological polar surface area (TPSA) is 56.7 Å². The van der Waals surface area contributed by atoms with Crippen LogP contribution in [0.5, 0.6) is 0 Å². The van der Waals surface area contributed by atoms with Crippen molar-refractivity contribution in [3.05, 3.63) is 175 Å². The summed E-state index contributed by atoms with van der Waals surface area (Å²) in [4.78, 5) is 15.2. The molecule has 0 N–H and O–H groups in total. The van der Waals surface area contributed by atoms with Gasteiger partial charge in [-0.05, 0) is 79.9 Å². The van der Waals surface area contributed by atoms with E-state index in [1.54, 1.807) is 0 Å². The Hall–Kier alpha value is -6.24. The maximum Gasteiger partial charge on any atom is 0.216 e. The predicted molar refractivity (Wildman–Crippen MR) is 295 cm³/mol. The van der Waals surface area contributed by atoms with Crippen molar-refractivity contribution in [1.29, 1.82) is 0 Å². The van der Waals surface area contributed by atoms with Crippen LogP contribution in [-0.2, 0) is 26.5 Å². The summed E-state index contributed by atoms with van der Waals surface area (Å²) >= 11 is 0. The molecule has 0 bridgehead atoms. The molecule has 0 spiro atoms. The van der Waals surface area contributed by atoms with Gasteiger partial charge >= 0.3 is 0 Å². The summed E-state index contributed by atoms with van der Waals surface area (Å²) in [5, 5.41) is 10.8. The number of furan rings is 1. The van der Waals surface area contributed by atoms with Gasteiger partial charge in [0.15, 0.2) is 0 Å². The van der Waals surface area contributed by atoms with Crippen LogP contribution in [0.3, 0.4) is 0 Å². The van der Waals surface area contributed by atoms with E-state index in [9.17, 15) is 0 Å². The molecule has 7 aromatic carbocycles. The van der Waals surface area contributed by atoms with Gasteiger partial charge in [-0.2, -0.15) is 0 Å². The zero-order chi connectivity index (χ0) is 48.4. The molecule has 4 aromatic heterocycles. The fourth-order valence-electron chi connectivity index (χ4n) is 10.2. The molecule has 0 aliphatic heterocycles. The molecule has 5 nitrogen and oxygen atoms in total. The SMILES string of the molecule is CC(C)Cc1cc(-c2[c-]cccc2)ncc1[Si](C)(C)C.CC(C)c1c(-n2c(-c3[c-]ccc4c3oc3nc(C(C)C(C)(C)C)ccc34)nc3ccc4ccccc4c32)c2ccccc2c2ccccc12.[Ir]. The summed E-state index contributed by atoms with van der Waals surface area (Å²) in [7, 11) is -1.34. The van der Waals surface area contributed by atoms with Gasteiger partial charge in [-0.15, -0.1) is 54.1 Å². The van der Waals surface area contributed by atoms with Gasteiger partial charge in [0, 0.05) is 54.1 Å². The number of hydrogen-bond acceptors (Lipinski definition) is 4. The van der Waals surface area contributed by atoms with E-state index in [2.05, 4.69) is 218 Å². The average Bonchev–Trinajstić information content (AvgIpc) is 3.91. The van der Waals surface area contributed by atoms with Gasteiger partial charge in [-0.1, -0.05) is 176 Å². The van der Waals surface area contributed by atoms with Crippen LogP contribution in [0.1, 0.15) is 84.0 Å². The molecule has 0 aliphatic rings. The van der Waals surface area contributed by atoms with E-state index >= 15 is 0 Å². The minimum atomic E-state index is -1.34. The fraction of sp³-hybridized carbons (Fsp3) is 0.254. The third-order valence-corrected chi connectivity index (χ3v) is 16.1. The normalized spacial score (nSPS) is 12.6. The van der Waals surface area contributed by atoms with Gasteiger partial charge in [-0.3, -0.25) is 4.98 Å². The van der Waals surface area contributed by atoms with E-state index in [-0.39, 0.29) is 37.4 Å². The van der Waals surface area contributed by atoms with Crippen molar-refractivity contribution in [2.24, 2.45) is 11.3 Å². The van der Waals surface area contributed by atoms with Crippen molar-refractivity contribution in [2.45, 2.75) is 93.3 Å². The Morgan fingerprint density at radius 1 is 0.657 bits per heavy atom. The Bertz CT molecular complexity index is 3700. The first-order chi connectivity index (χ1) is 33.1. The number of nitrogens with zero attached hydrogens (tertiary/aromatic N) is 4. The summed E-state index contributed by atoms with van der Waals surface area (Å²) in [5.74, 6) is 1.98.